The lowest BCUT2D eigenvalue weighted by atomic mass is 10.0. The number of aryl methyl sites for hydroxylation is 2. The van der Waals surface area contributed by atoms with Gasteiger partial charge < -0.3 is 14.5 Å². The summed E-state index contributed by atoms with van der Waals surface area (Å²) in [5, 5.41) is 3.44. The Hall–Kier alpha value is -2.73. The van der Waals surface area contributed by atoms with Crippen LogP contribution in [0.5, 0.6) is 5.75 Å². The Morgan fingerprint density at radius 1 is 1.30 bits per heavy atom. The summed E-state index contributed by atoms with van der Waals surface area (Å²) in [4.78, 5) is 24.4. The summed E-state index contributed by atoms with van der Waals surface area (Å²) in [5.74, 6) is 0.0528. The summed E-state index contributed by atoms with van der Waals surface area (Å²) < 4.78 is 12.0. The fourth-order valence-electron chi connectivity index (χ4n) is 3.05. The summed E-state index contributed by atoms with van der Waals surface area (Å²) >= 11 is 5.91. The van der Waals surface area contributed by atoms with Crippen LogP contribution >= 0.6 is 11.6 Å². The minimum Gasteiger partial charge on any atom is -0.496 e. The first kappa shape index (κ1) is 19.0. The van der Waals surface area contributed by atoms with Crippen molar-refractivity contribution in [2.75, 3.05) is 7.11 Å². The zero-order valence-electron chi connectivity index (χ0n) is 15.4. The van der Waals surface area contributed by atoms with E-state index in [-0.39, 0.29) is 24.9 Å². The molecule has 1 N–H and O–H groups in total. The Kier molecular flexibility index (Phi) is 5.56. The topological polar surface area (TPSA) is 73.5 Å². The quantitative estimate of drug-likeness (QED) is 0.696. The molecule has 0 saturated carbocycles. The van der Waals surface area contributed by atoms with Gasteiger partial charge in [0.1, 0.15) is 5.75 Å². The number of fused-ring (bicyclic) bond motifs is 1. The second kappa shape index (κ2) is 7.88. The van der Waals surface area contributed by atoms with Crippen LogP contribution in [-0.4, -0.2) is 17.6 Å². The van der Waals surface area contributed by atoms with Gasteiger partial charge in [-0.2, -0.15) is 0 Å². The molecule has 1 aromatic heterocycles. The van der Waals surface area contributed by atoms with E-state index in [1.807, 2.05) is 32.0 Å². The van der Waals surface area contributed by atoms with Gasteiger partial charge in [0.05, 0.1) is 18.7 Å². The van der Waals surface area contributed by atoms with Crippen LogP contribution in [0, 0.1) is 6.92 Å². The van der Waals surface area contributed by atoms with E-state index in [1.165, 1.54) is 4.57 Å². The van der Waals surface area contributed by atoms with E-state index >= 15 is 0 Å². The standard InChI is InChI=1S/C20H21ClN2O4/c1-12-4-7-17(26-3)15(10-12)13(2)22-19(24)8-9-23-16-6-5-14(21)11-18(16)27-20(23)25/h4-7,10-11,13H,8-9H2,1-3H3,(H,22,24)/t13-/m1/s1. The summed E-state index contributed by atoms with van der Waals surface area (Å²) in [7, 11) is 1.60. The molecule has 1 amide bonds. The number of oxazole rings is 1. The number of hydrogen-bond donors (Lipinski definition) is 1. The molecule has 0 aliphatic rings. The van der Waals surface area contributed by atoms with Gasteiger partial charge in [-0.05, 0) is 32.0 Å². The first-order valence-corrected chi connectivity index (χ1v) is 8.99. The molecular weight excluding hydrogens is 368 g/mol. The maximum absolute atomic E-state index is 12.4. The van der Waals surface area contributed by atoms with E-state index < -0.39 is 5.76 Å². The third-order valence-electron chi connectivity index (χ3n) is 4.42. The molecule has 27 heavy (non-hydrogen) atoms. The number of amides is 1. The molecule has 0 saturated heterocycles. The molecule has 2 aromatic carbocycles. The van der Waals surface area contributed by atoms with E-state index in [0.717, 1.165) is 16.9 Å². The van der Waals surface area contributed by atoms with Gasteiger partial charge in [-0.3, -0.25) is 9.36 Å². The van der Waals surface area contributed by atoms with Gasteiger partial charge in [0, 0.05) is 29.6 Å². The predicted octanol–water partition coefficient (Wildman–Crippen LogP) is 3.83. The van der Waals surface area contributed by atoms with Crippen LogP contribution in [-0.2, 0) is 11.3 Å². The Balaban J connectivity index is 1.69. The van der Waals surface area contributed by atoms with Gasteiger partial charge in [0.2, 0.25) is 5.91 Å². The van der Waals surface area contributed by atoms with Crippen LogP contribution in [0.4, 0.5) is 0 Å². The molecule has 0 fully saturated rings. The van der Waals surface area contributed by atoms with E-state index in [1.54, 1.807) is 25.3 Å². The van der Waals surface area contributed by atoms with Crippen molar-refractivity contribution < 1.29 is 13.9 Å². The fourth-order valence-corrected chi connectivity index (χ4v) is 3.21. The predicted molar refractivity (Wildman–Crippen MR) is 104 cm³/mol. The number of nitrogens with one attached hydrogen (secondary N) is 1. The van der Waals surface area contributed by atoms with E-state index in [2.05, 4.69) is 5.32 Å². The number of hydrogen-bond acceptors (Lipinski definition) is 4. The summed E-state index contributed by atoms with van der Waals surface area (Å²) in [6.45, 7) is 4.10. The number of benzene rings is 2. The van der Waals surface area contributed by atoms with Crippen molar-refractivity contribution in [2.24, 2.45) is 0 Å². The smallest absolute Gasteiger partial charge is 0.419 e. The van der Waals surface area contributed by atoms with Gasteiger partial charge in [0.25, 0.3) is 0 Å². The molecule has 3 aromatic rings. The number of aromatic nitrogens is 1. The van der Waals surface area contributed by atoms with Gasteiger partial charge >= 0.3 is 5.76 Å². The largest absolute Gasteiger partial charge is 0.496 e. The van der Waals surface area contributed by atoms with Gasteiger partial charge in [-0.15, -0.1) is 0 Å². The monoisotopic (exact) mass is 388 g/mol. The number of halogens is 1. The highest BCUT2D eigenvalue weighted by molar-refractivity contribution is 6.31. The average Bonchev–Trinajstić information content (AvgIpc) is 2.94. The zero-order chi connectivity index (χ0) is 19.6. The SMILES string of the molecule is COc1ccc(C)cc1[C@@H](C)NC(=O)CCn1c(=O)oc2cc(Cl)ccc21. The van der Waals surface area contributed by atoms with Crippen LogP contribution in [0.2, 0.25) is 5.02 Å². The van der Waals surface area contributed by atoms with Crippen molar-refractivity contribution >= 4 is 28.6 Å². The molecule has 0 aliphatic heterocycles. The minimum atomic E-state index is -0.506. The third kappa shape index (κ3) is 4.17. The molecule has 0 aliphatic carbocycles. The van der Waals surface area contributed by atoms with E-state index in [0.29, 0.717) is 16.1 Å². The maximum Gasteiger partial charge on any atom is 0.419 e. The molecule has 1 heterocycles. The van der Waals surface area contributed by atoms with Crippen LogP contribution in [0.3, 0.4) is 0 Å². The van der Waals surface area contributed by atoms with Crippen LogP contribution in [0.25, 0.3) is 11.1 Å². The third-order valence-corrected chi connectivity index (χ3v) is 4.66. The lowest BCUT2D eigenvalue weighted by molar-refractivity contribution is -0.121. The molecule has 6 nitrogen and oxygen atoms in total. The molecule has 0 bridgehead atoms. The molecule has 0 spiro atoms. The Morgan fingerprint density at radius 3 is 2.81 bits per heavy atom. The maximum atomic E-state index is 12.4. The summed E-state index contributed by atoms with van der Waals surface area (Å²) in [6, 6.07) is 10.6. The van der Waals surface area contributed by atoms with E-state index in [9.17, 15) is 9.59 Å². The molecular formula is C20H21ClN2O4. The second-order valence-corrected chi connectivity index (χ2v) is 6.85. The van der Waals surface area contributed by atoms with E-state index in [4.69, 9.17) is 20.8 Å². The van der Waals surface area contributed by atoms with Crippen LogP contribution in [0.1, 0.15) is 30.5 Å². The molecule has 3 rings (SSSR count). The minimum absolute atomic E-state index is 0.148. The second-order valence-electron chi connectivity index (χ2n) is 6.42. The molecule has 7 heteroatoms. The number of methoxy groups -OCH3 is 1. The van der Waals surface area contributed by atoms with Crippen molar-refractivity contribution in [3.63, 3.8) is 0 Å². The normalized spacial score (nSPS) is 12.1. The number of rotatable bonds is 6. The molecule has 0 unspecified atom stereocenters. The van der Waals surface area contributed by atoms with Crippen molar-refractivity contribution in [1.29, 1.82) is 0 Å². The lowest BCUT2D eigenvalue weighted by Gasteiger charge is -2.18. The van der Waals surface area contributed by atoms with Gasteiger partial charge in [0.15, 0.2) is 5.58 Å². The number of ether oxygens (including phenoxy) is 1. The number of carbonyl (C=O) groups excluding carboxylic acids is 1. The number of nitrogens with zero attached hydrogens (tertiary/aromatic N) is 1. The van der Waals surface area contributed by atoms with Crippen molar-refractivity contribution in [3.8, 4) is 5.75 Å². The van der Waals surface area contributed by atoms with Gasteiger partial charge in [-0.1, -0.05) is 29.3 Å². The molecule has 0 radical (unpaired) electrons. The van der Waals surface area contributed by atoms with Crippen LogP contribution < -0.4 is 15.8 Å². The lowest BCUT2D eigenvalue weighted by Crippen LogP contribution is -2.28. The first-order valence-electron chi connectivity index (χ1n) is 8.62. The molecule has 1 atom stereocenters. The Morgan fingerprint density at radius 2 is 2.07 bits per heavy atom. The van der Waals surface area contributed by atoms with Crippen LogP contribution in [0.15, 0.2) is 45.6 Å². The summed E-state index contributed by atoms with van der Waals surface area (Å²) in [6.07, 6.45) is 0.148. The van der Waals surface area contributed by atoms with Crippen molar-refractivity contribution in [2.45, 2.75) is 32.9 Å². The zero-order valence-corrected chi connectivity index (χ0v) is 16.2. The highest BCUT2D eigenvalue weighted by atomic mass is 35.5. The number of carbonyl (C=O) groups is 1. The summed E-state index contributed by atoms with van der Waals surface area (Å²) in [5.41, 5.74) is 3.02. The molecule has 142 valence electrons. The van der Waals surface area contributed by atoms with Crippen molar-refractivity contribution in [3.05, 3.63) is 63.1 Å². The highest BCUT2D eigenvalue weighted by Crippen LogP contribution is 2.26. The Bertz CT molecular complexity index is 1040. The highest BCUT2D eigenvalue weighted by Gasteiger charge is 2.16. The van der Waals surface area contributed by atoms with Gasteiger partial charge in [-0.25, -0.2) is 4.79 Å². The average molecular weight is 389 g/mol. The Labute approximate surface area is 161 Å². The fraction of sp³-hybridized carbons (Fsp3) is 0.300. The first-order chi connectivity index (χ1) is 12.9. The van der Waals surface area contributed by atoms with Crippen molar-refractivity contribution in [1.82, 2.24) is 9.88 Å².